The highest BCUT2D eigenvalue weighted by Gasteiger charge is 2.52. The van der Waals surface area contributed by atoms with Gasteiger partial charge in [-0.3, -0.25) is 4.79 Å². The van der Waals surface area contributed by atoms with Gasteiger partial charge in [0, 0.05) is 17.7 Å². The van der Waals surface area contributed by atoms with Gasteiger partial charge in [0.05, 0.1) is 11.2 Å². The van der Waals surface area contributed by atoms with Crippen LogP contribution in [-0.4, -0.2) is 42.3 Å². The lowest BCUT2D eigenvalue weighted by Crippen LogP contribution is -2.41. The van der Waals surface area contributed by atoms with Crippen LogP contribution in [0.3, 0.4) is 0 Å². The highest BCUT2D eigenvalue weighted by Crippen LogP contribution is 2.39. The molecule has 0 radical (unpaired) electrons. The zero-order chi connectivity index (χ0) is 25.1. The Kier molecular flexibility index (Phi) is 7.39. The van der Waals surface area contributed by atoms with Crippen molar-refractivity contribution in [2.75, 3.05) is 6.54 Å². The van der Waals surface area contributed by atoms with Crippen LogP contribution in [0.4, 0.5) is 4.79 Å². The Morgan fingerprint density at radius 3 is 2.09 bits per heavy atom. The molecule has 2 aromatic rings. The summed E-state index contributed by atoms with van der Waals surface area (Å²) in [5.41, 5.74) is 0.828. The van der Waals surface area contributed by atoms with Gasteiger partial charge in [0.2, 0.25) is 0 Å². The molecule has 1 aliphatic heterocycles. The van der Waals surface area contributed by atoms with E-state index in [1.165, 1.54) is 0 Å². The Morgan fingerprint density at radius 2 is 1.50 bits per heavy atom. The Morgan fingerprint density at radius 1 is 0.941 bits per heavy atom. The van der Waals surface area contributed by atoms with E-state index in [0.29, 0.717) is 22.2 Å². The molecule has 180 valence electrons. The van der Waals surface area contributed by atoms with Gasteiger partial charge < -0.3 is 19.4 Å². The number of carbonyl (C=O) groups is 2. The molecule has 0 unspecified atom stereocenters. The summed E-state index contributed by atoms with van der Waals surface area (Å²) < 4.78 is 17.9. The van der Waals surface area contributed by atoms with Crippen molar-refractivity contribution in [3.05, 3.63) is 76.8 Å². The Balaban J connectivity index is 1.96. The summed E-state index contributed by atoms with van der Waals surface area (Å²) in [6.45, 7) is 13.4. The minimum atomic E-state index is -0.695. The molecule has 34 heavy (non-hydrogen) atoms. The third-order valence-electron chi connectivity index (χ3n) is 5.97. The molecule has 0 spiro atoms. The molecular weight excluding hydrogens is 429 g/mol. The van der Waals surface area contributed by atoms with Crippen LogP contribution in [0, 0.1) is 0 Å². The molecule has 1 saturated heterocycles. The fourth-order valence-corrected chi connectivity index (χ4v) is 3.46. The maximum absolute atomic E-state index is 13.2. The average molecular weight is 463 g/mol. The van der Waals surface area contributed by atoms with Crippen LogP contribution in [0.2, 0.25) is 0 Å². The number of carbonyl (C=O) groups excluding carboxylic acids is 2. The van der Waals surface area contributed by atoms with Crippen molar-refractivity contribution in [2.45, 2.75) is 65.3 Å². The van der Waals surface area contributed by atoms with E-state index in [0.717, 1.165) is 0 Å². The zero-order valence-corrected chi connectivity index (χ0v) is 21.1. The number of hydrogen-bond acceptors (Lipinski definition) is 5. The van der Waals surface area contributed by atoms with Crippen LogP contribution in [0.15, 0.2) is 60.1 Å². The molecule has 0 atom stereocenters. The number of ketones is 1. The minimum absolute atomic E-state index is 0.0826. The summed E-state index contributed by atoms with van der Waals surface area (Å²) >= 11 is 0. The van der Waals surface area contributed by atoms with E-state index >= 15 is 0 Å². The third-order valence-corrected chi connectivity index (χ3v) is 5.97. The van der Waals surface area contributed by atoms with E-state index in [2.05, 4.69) is 5.32 Å². The third kappa shape index (κ3) is 6.16. The van der Waals surface area contributed by atoms with Gasteiger partial charge in [-0.1, -0.05) is 60.7 Å². The fraction of sp³-hybridized carbons (Fsp3) is 0.407. The lowest BCUT2D eigenvalue weighted by Gasteiger charge is -2.32. The molecular formula is C27H34BNO5. The number of hydrogen-bond donors (Lipinski definition) is 1. The molecule has 0 bridgehead atoms. The number of rotatable bonds is 6. The molecule has 7 heteroatoms. The smallest absolute Gasteiger partial charge is 0.444 e. The predicted molar refractivity (Wildman–Crippen MR) is 135 cm³/mol. The van der Waals surface area contributed by atoms with Gasteiger partial charge in [-0.05, 0) is 59.5 Å². The number of alkyl carbamates (subject to hydrolysis) is 1. The maximum Gasteiger partial charge on any atom is 0.492 e. The standard InChI is InChI=1S/C27H34BNO5/c1-25(2,3)32-24(31)29-18-21(28-33-26(4,5)27(6,7)34-28)17-20-15-11-12-16-22(20)23(30)19-13-9-8-10-14-19/h8-17H,18H2,1-7H3,(H,29,31). The monoisotopic (exact) mass is 463 g/mol. The van der Waals surface area contributed by atoms with Gasteiger partial charge in [0.1, 0.15) is 5.60 Å². The predicted octanol–water partition coefficient (Wildman–Crippen LogP) is 5.46. The van der Waals surface area contributed by atoms with Crippen molar-refractivity contribution >= 4 is 25.1 Å². The minimum Gasteiger partial charge on any atom is -0.444 e. The van der Waals surface area contributed by atoms with E-state index in [4.69, 9.17) is 14.0 Å². The number of amides is 1. The Labute approximate surface area is 202 Å². The number of benzene rings is 2. The average Bonchev–Trinajstić information content (AvgIpc) is 2.97. The first kappa shape index (κ1) is 25.7. The second-order valence-electron chi connectivity index (χ2n) is 10.4. The Bertz CT molecular complexity index is 1050. The molecule has 1 amide bonds. The van der Waals surface area contributed by atoms with Gasteiger partial charge in [-0.25, -0.2) is 4.79 Å². The SMILES string of the molecule is CC(C)(C)OC(=O)NCC(=Cc1ccccc1C(=O)c1ccccc1)B1OC(C)(C)C(C)(C)O1. The fourth-order valence-electron chi connectivity index (χ4n) is 3.46. The number of nitrogens with one attached hydrogen (secondary N) is 1. The van der Waals surface area contributed by atoms with Crippen LogP contribution in [0.25, 0.3) is 6.08 Å². The van der Waals surface area contributed by atoms with Gasteiger partial charge in [-0.15, -0.1) is 0 Å². The van der Waals surface area contributed by atoms with Gasteiger partial charge in [-0.2, -0.15) is 0 Å². The van der Waals surface area contributed by atoms with Crippen LogP contribution in [-0.2, 0) is 14.0 Å². The van der Waals surface area contributed by atoms with Crippen LogP contribution in [0.1, 0.15) is 70.0 Å². The summed E-state index contributed by atoms with van der Waals surface area (Å²) in [6.07, 6.45) is 1.32. The summed E-state index contributed by atoms with van der Waals surface area (Å²) in [5, 5.41) is 2.80. The lowest BCUT2D eigenvalue weighted by atomic mass is 9.76. The van der Waals surface area contributed by atoms with Crippen molar-refractivity contribution in [2.24, 2.45) is 0 Å². The molecule has 1 aliphatic rings. The molecule has 0 saturated carbocycles. The van der Waals surface area contributed by atoms with Crippen molar-refractivity contribution in [1.82, 2.24) is 5.32 Å². The summed E-state index contributed by atoms with van der Waals surface area (Å²) in [7, 11) is -0.695. The largest absolute Gasteiger partial charge is 0.492 e. The topological polar surface area (TPSA) is 73.9 Å². The van der Waals surface area contributed by atoms with Crippen LogP contribution in [0.5, 0.6) is 0 Å². The molecule has 0 aromatic heterocycles. The Hall–Kier alpha value is -2.90. The van der Waals surface area contributed by atoms with Gasteiger partial charge in [0.25, 0.3) is 0 Å². The highest BCUT2D eigenvalue weighted by atomic mass is 16.7. The van der Waals surface area contributed by atoms with Gasteiger partial charge in [0.15, 0.2) is 5.78 Å². The van der Waals surface area contributed by atoms with E-state index in [1.54, 1.807) is 18.2 Å². The van der Waals surface area contributed by atoms with Crippen LogP contribution < -0.4 is 5.32 Å². The molecule has 1 heterocycles. The molecule has 1 fully saturated rings. The molecule has 3 rings (SSSR count). The normalized spacial score (nSPS) is 17.4. The van der Waals surface area contributed by atoms with E-state index in [-0.39, 0.29) is 12.3 Å². The van der Waals surface area contributed by atoms with Gasteiger partial charge >= 0.3 is 13.2 Å². The maximum atomic E-state index is 13.2. The van der Waals surface area contributed by atoms with Crippen molar-refractivity contribution in [3.63, 3.8) is 0 Å². The molecule has 6 nitrogen and oxygen atoms in total. The summed E-state index contributed by atoms with van der Waals surface area (Å²) in [4.78, 5) is 25.6. The number of ether oxygens (including phenoxy) is 1. The first-order chi connectivity index (χ1) is 15.8. The van der Waals surface area contributed by atoms with E-state index in [1.807, 2.05) is 90.9 Å². The lowest BCUT2D eigenvalue weighted by molar-refractivity contribution is 0.00578. The second-order valence-corrected chi connectivity index (χ2v) is 10.4. The molecule has 2 aromatic carbocycles. The quantitative estimate of drug-likeness (QED) is 0.455. The molecule has 0 aliphatic carbocycles. The van der Waals surface area contributed by atoms with Crippen LogP contribution >= 0.6 is 0 Å². The first-order valence-electron chi connectivity index (χ1n) is 11.5. The van der Waals surface area contributed by atoms with Crippen molar-refractivity contribution in [3.8, 4) is 0 Å². The molecule has 1 N–H and O–H groups in total. The first-order valence-corrected chi connectivity index (χ1v) is 11.5. The van der Waals surface area contributed by atoms with E-state index in [9.17, 15) is 9.59 Å². The highest BCUT2D eigenvalue weighted by molar-refractivity contribution is 6.56. The van der Waals surface area contributed by atoms with Crippen molar-refractivity contribution in [1.29, 1.82) is 0 Å². The van der Waals surface area contributed by atoms with E-state index < -0.39 is 30.0 Å². The summed E-state index contributed by atoms with van der Waals surface area (Å²) in [6, 6.07) is 16.5. The van der Waals surface area contributed by atoms with Crippen molar-refractivity contribution < 1.29 is 23.6 Å². The zero-order valence-electron chi connectivity index (χ0n) is 21.1. The summed E-state index contributed by atoms with van der Waals surface area (Å²) in [5.74, 6) is -0.0826. The second kappa shape index (κ2) is 9.76.